The number of rotatable bonds is 6. The van der Waals surface area contributed by atoms with Crippen molar-refractivity contribution in [3.63, 3.8) is 0 Å². The third-order valence-electron chi connectivity index (χ3n) is 5.75. The van der Waals surface area contributed by atoms with Crippen LogP contribution in [0.2, 0.25) is 0 Å². The first-order valence-electron chi connectivity index (χ1n) is 9.28. The average molecular weight is 318 g/mol. The highest BCUT2D eigenvalue weighted by molar-refractivity contribution is 5.76. The number of nitrogens with zero attached hydrogens (tertiary/aromatic N) is 2. The van der Waals surface area contributed by atoms with Gasteiger partial charge in [0.25, 0.3) is 0 Å². The Balaban J connectivity index is 1.35. The van der Waals surface area contributed by atoms with Crippen LogP contribution in [0.5, 0.6) is 0 Å². The van der Waals surface area contributed by atoms with E-state index in [4.69, 9.17) is 0 Å². The van der Waals surface area contributed by atoms with Crippen molar-refractivity contribution in [2.24, 2.45) is 5.92 Å². The first-order chi connectivity index (χ1) is 11.2. The normalized spacial score (nSPS) is 27.7. The number of piperidine rings is 1. The molecule has 1 aliphatic heterocycles. The van der Waals surface area contributed by atoms with Crippen LogP contribution >= 0.6 is 0 Å². The summed E-state index contributed by atoms with van der Waals surface area (Å²) in [5.41, 5.74) is -0.480. The molecule has 0 bridgehead atoms. The smallest absolute Gasteiger partial charge is 0.222 e. The molecule has 2 fully saturated rings. The molecule has 0 spiro atoms. The van der Waals surface area contributed by atoms with Crippen molar-refractivity contribution < 1.29 is 9.90 Å². The first-order valence-corrected chi connectivity index (χ1v) is 9.28. The number of carbonyl (C=O) groups is 1. The molecule has 1 N–H and O–H groups in total. The highest BCUT2D eigenvalue weighted by Crippen LogP contribution is 2.39. The van der Waals surface area contributed by atoms with Crippen LogP contribution in [0.15, 0.2) is 24.5 Å². The number of aliphatic hydroxyl groups is 1. The highest BCUT2D eigenvalue weighted by atomic mass is 16.3. The molecule has 128 valence electrons. The van der Waals surface area contributed by atoms with Gasteiger partial charge in [0.05, 0.1) is 5.60 Å². The fraction of sp³-hybridized carbons (Fsp3) is 0.737. The molecule has 1 saturated carbocycles. The number of likely N-dealkylation sites (tertiary alicyclic amines) is 1. The van der Waals surface area contributed by atoms with Crippen LogP contribution in [0, 0.1) is 5.92 Å². The first kappa shape index (κ1) is 16.6. The highest BCUT2D eigenvalue weighted by Gasteiger charge is 2.43. The van der Waals surface area contributed by atoms with Gasteiger partial charge in [-0.25, -0.2) is 0 Å². The van der Waals surface area contributed by atoms with Gasteiger partial charge in [-0.05, 0) is 44.2 Å². The monoisotopic (exact) mass is 318 g/mol. The predicted molar refractivity (Wildman–Crippen MR) is 91.0 cm³/mol. The van der Waals surface area contributed by atoms with E-state index < -0.39 is 5.60 Å². The second kappa shape index (κ2) is 7.52. The number of aryl methyl sites for hydroxylation is 1. The molecular weight excluding hydrogens is 288 g/mol. The second-order valence-electron chi connectivity index (χ2n) is 7.37. The minimum atomic E-state index is -0.480. The van der Waals surface area contributed by atoms with Gasteiger partial charge in [0.2, 0.25) is 5.91 Å². The number of amides is 1. The molecule has 1 saturated heterocycles. The molecule has 1 amide bonds. The topological polar surface area (TPSA) is 45.5 Å². The van der Waals surface area contributed by atoms with Crippen molar-refractivity contribution in [2.75, 3.05) is 13.1 Å². The van der Waals surface area contributed by atoms with E-state index in [9.17, 15) is 9.90 Å². The quantitative estimate of drug-likeness (QED) is 0.819. The van der Waals surface area contributed by atoms with Crippen molar-refractivity contribution in [3.05, 3.63) is 24.5 Å². The molecule has 4 nitrogen and oxygen atoms in total. The fourth-order valence-corrected chi connectivity index (χ4v) is 4.22. The molecule has 1 aromatic heterocycles. The van der Waals surface area contributed by atoms with Gasteiger partial charge in [-0.1, -0.05) is 19.3 Å². The van der Waals surface area contributed by atoms with Gasteiger partial charge >= 0.3 is 0 Å². The summed E-state index contributed by atoms with van der Waals surface area (Å²) in [4.78, 5) is 14.4. The molecule has 4 heteroatoms. The molecular formula is C19H30N2O2. The maximum absolute atomic E-state index is 12.4. The summed E-state index contributed by atoms with van der Waals surface area (Å²) in [5, 5.41) is 10.7. The van der Waals surface area contributed by atoms with Gasteiger partial charge in [0.1, 0.15) is 0 Å². The van der Waals surface area contributed by atoms with Crippen LogP contribution in [0.25, 0.3) is 0 Å². The van der Waals surface area contributed by atoms with Crippen LogP contribution in [0.3, 0.4) is 0 Å². The summed E-state index contributed by atoms with van der Waals surface area (Å²) < 4.78 is 2.19. The minimum absolute atomic E-state index is 0.290. The van der Waals surface area contributed by atoms with Crippen LogP contribution < -0.4 is 0 Å². The zero-order chi connectivity index (χ0) is 16.1. The van der Waals surface area contributed by atoms with Crippen LogP contribution in [-0.2, 0) is 11.3 Å². The van der Waals surface area contributed by atoms with Crippen LogP contribution in [0.1, 0.15) is 57.8 Å². The Kier molecular flexibility index (Phi) is 5.42. The molecule has 0 aromatic carbocycles. The molecule has 1 aliphatic carbocycles. The number of hydrogen-bond donors (Lipinski definition) is 1. The van der Waals surface area contributed by atoms with Crippen LogP contribution in [0.4, 0.5) is 0 Å². The van der Waals surface area contributed by atoms with Gasteiger partial charge in [-0.3, -0.25) is 4.79 Å². The van der Waals surface area contributed by atoms with Crippen molar-refractivity contribution in [1.82, 2.24) is 9.47 Å². The van der Waals surface area contributed by atoms with E-state index in [1.807, 2.05) is 17.0 Å². The fourth-order valence-electron chi connectivity index (χ4n) is 4.22. The molecule has 0 unspecified atom stereocenters. The van der Waals surface area contributed by atoms with E-state index in [2.05, 4.69) is 17.0 Å². The van der Waals surface area contributed by atoms with Crippen LogP contribution in [-0.4, -0.2) is 39.2 Å². The summed E-state index contributed by atoms with van der Waals surface area (Å²) >= 11 is 0. The standard InChI is InChI=1S/C19H30N2O2/c22-18(9-2-1-5-12-20-13-6-7-14-20)21-15-11-19(23)10-4-3-8-17(19)16-21/h6-7,13-14,17,23H,1-5,8-12,15-16H2/t17-,19-/m0/s1. The lowest BCUT2D eigenvalue weighted by Gasteiger charge is -2.47. The Morgan fingerprint density at radius 3 is 2.78 bits per heavy atom. The van der Waals surface area contributed by atoms with Gasteiger partial charge in [0, 0.05) is 44.4 Å². The lowest BCUT2D eigenvalue weighted by atomic mass is 9.71. The Morgan fingerprint density at radius 1 is 1.13 bits per heavy atom. The van der Waals surface area contributed by atoms with E-state index in [0.717, 1.165) is 64.6 Å². The Labute approximate surface area is 139 Å². The van der Waals surface area contributed by atoms with E-state index in [0.29, 0.717) is 18.2 Å². The molecule has 2 atom stereocenters. The summed E-state index contributed by atoms with van der Waals surface area (Å²) in [5.74, 6) is 0.598. The number of fused-ring (bicyclic) bond motifs is 1. The number of aromatic nitrogens is 1. The maximum Gasteiger partial charge on any atom is 0.222 e. The number of carbonyl (C=O) groups excluding carboxylic acids is 1. The SMILES string of the molecule is O=C(CCCCCn1cccc1)N1CC[C@@]2(O)CCCC[C@H]2C1. The predicted octanol–water partition coefficient (Wildman–Crippen LogP) is 3.20. The Bertz CT molecular complexity index is 499. The van der Waals surface area contributed by atoms with E-state index in [1.165, 1.54) is 6.42 Å². The van der Waals surface area contributed by atoms with Crippen molar-refractivity contribution in [1.29, 1.82) is 0 Å². The van der Waals surface area contributed by atoms with Gasteiger partial charge in [-0.15, -0.1) is 0 Å². The van der Waals surface area contributed by atoms with E-state index >= 15 is 0 Å². The summed E-state index contributed by atoms with van der Waals surface area (Å²) in [6.45, 7) is 2.56. The lowest BCUT2D eigenvalue weighted by Crippen LogP contribution is -2.54. The molecule has 2 aliphatic rings. The summed E-state index contributed by atoms with van der Waals surface area (Å²) in [7, 11) is 0. The zero-order valence-electron chi connectivity index (χ0n) is 14.1. The molecule has 2 heterocycles. The van der Waals surface area contributed by atoms with E-state index in [-0.39, 0.29) is 0 Å². The summed E-state index contributed by atoms with van der Waals surface area (Å²) in [6.07, 6.45) is 13.2. The van der Waals surface area contributed by atoms with Crippen molar-refractivity contribution >= 4 is 5.91 Å². The average Bonchev–Trinajstić information content (AvgIpc) is 3.07. The third-order valence-corrected chi connectivity index (χ3v) is 5.75. The Morgan fingerprint density at radius 2 is 1.96 bits per heavy atom. The minimum Gasteiger partial charge on any atom is -0.389 e. The maximum atomic E-state index is 12.4. The lowest BCUT2D eigenvalue weighted by molar-refractivity contribution is -0.143. The molecule has 1 aromatic rings. The van der Waals surface area contributed by atoms with Crippen molar-refractivity contribution in [3.8, 4) is 0 Å². The van der Waals surface area contributed by atoms with Gasteiger partial charge < -0.3 is 14.6 Å². The summed E-state index contributed by atoms with van der Waals surface area (Å²) in [6, 6.07) is 4.10. The largest absolute Gasteiger partial charge is 0.389 e. The molecule has 3 rings (SSSR count). The second-order valence-corrected chi connectivity index (χ2v) is 7.37. The van der Waals surface area contributed by atoms with E-state index in [1.54, 1.807) is 0 Å². The Hall–Kier alpha value is -1.29. The zero-order valence-corrected chi connectivity index (χ0v) is 14.1. The van der Waals surface area contributed by atoms with Crippen molar-refractivity contribution in [2.45, 2.75) is 69.9 Å². The van der Waals surface area contributed by atoms with Gasteiger partial charge in [0.15, 0.2) is 0 Å². The molecule has 23 heavy (non-hydrogen) atoms. The number of unbranched alkanes of at least 4 members (excludes halogenated alkanes) is 2. The third kappa shape index (κ3) is 4.17. The number of hydrogen-bond acceptors (Lipinski definition) is 2. The molecule has 0 radical (unpaired) electrons. The van der Waals surface area contributed by atoms with Gasteiger partial charge in [-0.2, -0.15) is 0 Å².